The summed E-state index contributed by atoms with van der Waals surface area (Å²) >= 11 is 0. The minimum atomic E-state index is -1.20. The van der Waals surface area contributed by atoms with Crippen molar-refractivity contribution in [3.8, 4) is 11.5 Å². The third kappa shape index (κ3) is 5.32. The number of hydrogen-bond acceptors (Lipinski definition) is 9. The predicted octanol–water partition coefficient (Wildman–Crippen LogP) is 7.32. The molecule has 8 rings (SSSR count). The van der Waals surface area contributed by atoms with Crippen LogP contribution < -0.4 is 19.4 Å². The average molecular weight is 710 g/mol. The molecule has 0 bridgehead atoms. The first kappa shape index (κ1) is 34.0. The first-order valence-corrected chi connectivity index (χ1v) is 17.7. The van der Waals surface area contributed by atoms with Crippen LogP contribution in [-0.2, 0) is 19.2 Å². The molecule has 0 unspecified atom stereocenters. The van der Waals surface area contributed by atoms with Gasteiger partial charge in [-0.15, -0.1) is 0 Å². The summed E-state index contributed by atoms with van der Waals surface area (Å²) in [4.78, 5) is 62.0. The fourth-order valence-electron chi connectivity index (χ4n) is 8.95. The highest BCUT2D eigenvalue weighted by molar-refractivity contribution is 6.25. The third-order valence-corrected chi connectivity index (χ3v) is 11.6. The van der Waals surface area contributed by atoms with Gasteiger partial charge in [-0.3, -0.25) is 24.1 Å². The molecule has 0 radical (unpaired) electrons. The van der Waals surface area contributed by atoms with E-state index in [1.165, 1.54) is 23.0 Å². The molecule has 2 saturated heterocycles. The third-order valence-electron chi connectivity index (χ3n) is 11.6. The number of aromatic hydroxyl groups is 1. The Balaban J connectivity index is 1.13. The van der Waals surface area contributed by atoms with Crippen LogP contribution in [0.5, 0.6) is 11.5 Å². The van der Waals surface area contributed by atoms with Crippen molar-refractivity contribution < 1.29 is 29.0 Å². The van der Waals surface area contributed by atoms with E-state index in [2.05, 4.69) is 10.2 Å². The Morgan fingerprint density at radius 1 is 0.774 bits per heavy atom. The molecular formula is C42H39N5O6. The summed E-state index contributed by atoms with van der Waals surface area (Å²) in [5.41, 5.74) is 3.57. The van der Waals surface area contributed by atoms with Gasteiger partial charge in [-0.2, -0.15) is 10.2 Å². The number of methoxy groups -OCH3 is 1. The molecule has 268 valence electrons. The summed E-state index contributed by atoms with van der Waals surface area (Å²) in [5, 5.41) is 19.2. The summed E-state index contributed by atoms with van der Waals surface area (Å²) < 4.78 is 5.47. The summed E-state index contributed by atoms with van der Waals surface area (Å²) in [6.45, 7) is 1.83. The van der Waals surface area contributed by atoms with Gasteiger partial charge >= 0.3 is 0 Å². The molecule has 6 atom stereocenters. The van der Waals surface area contributed by atoms with Crippen LogP contribution >= 0.6 is 0 Å². The normalized spacial score (nSPS) is 26.4. The van der Waals surface area contributed by atoms with Crippen molar-refractivity contribution in [1.29, 1.82) is 0 Å². The number of allylic oxidation sites excluding steroid dienone is 2. The van der Waals surface area contributed by atoms with E-state index >= 15 is 0 Å². The maximum atomic E-state index is 14.6. The number of hydrogen-bond donors (Lipinski definition) is 1. The van der Waals surface area contributed by atoms with Crippen LogP contribution in [0.3, 0.4) is 0 Å². The molecule has 1 saturated carbocycles. The summed E-state index contributed by atoms with van der Waals surface area (Å²) in [5.74, 6) is -4.27. The van der Waals surface area contributed by atoms with Gasteiger partial charge in [-0.25, -0.2) is 4.90 Å². The molecular weight excluding hydrogens is 670 g/mol. The zero-order chi connectivity index (χ0) is 37.2. The predicted molar refractivity (Wildman–Crippen MR) is 200 cm³/mol. The molecule has 0 spiro atoms. The number of amides is 4. The Hall–Kier alpha value is -6.10. The van der Waals surface area contributed by atoms with E-state index in [1.807, 2.05) is 62.3 Å². The van der Waals surface area contributed by atoms with E-state index in [0.29, 0.717) is 34.7 Å². The number of nitrogens with zero attached hydrogens (tertiary/aromatic N) is 5. The van der Waals surface area contributed by atoms with Crippen molar-refractivity contribution in [2.75, 3.05) is 35.9 Å². The van der Waals surface area contributed by atoms with E-state index in [0.717, 1.165) is 11.3 Å². The van der Waals surface area contributed by atoms with Crippen molar-refractivity contribution in [2.24, 2.45) is 39.3 Å². The molecule has 11 heteroatoms. The van der Waals surface area contributed by atoms with Gasteiger partial charge in [0.2, 0.25) is 23.6 Å². The van der Waals surface area contributed by atoms with Crippen LogP contribution in [0, 0.1) is 29.1 Å². The topological polar surface area (TPSA) is 132 Å². The molecule has 2 aliphatic carbocycles. The summed E-state index contributed by atoms with van der Waals surface area (Å²) in [7, 11) is 5.39. The lowest BCUT2D eigenvalue weighted by molar-refractivity contribution is -0.131. The molecule has 53 heavy (non-hydrogen) atoms. The summed E-state index contributed by atoms with van der Waals surface area (Å²) in [6, 6.07) is 28.4. The van der Waals surface area contributed by atoms with Crippen molar-refractivity contribution >= 4 is 52.1 Å². The highest BCUT2D eigenvalue weighted by atomic mass is 16.5. The number of ether oxygens (including phenoxy) is 1. The van der Waals surface area contributed by atoms with Gasteiger partial charge in [0.15, 0.2) is 11.5 Å². The molecule has 2 aliphatic heterocycles. The first-order chi connectivity index (χ1) is 25.5. The van der Waals surface area contributed by atoms with Gasteiger partial charge in [0, 0.05) is 25.7 Å². The quantitative estimate of drug-likeness (QED) is 0.121. The van der Waals surface area contributed by atoms with Gasteiger partial charge in [-0.05, 0) is 104 Å². The minimum Gasteiger partial charge on any atom is -0.504 e. The Labute approximate surface area is 307 Å². The Kier molecular flexibility index (Phi) is 8.24. The Bertz CT molecular complexity index is 2200. The average Bonchev–Trinajstić information content (AvgIpc) is 3.54. The number of para-hydroxylation sites is 1. The SMILES string of the molecule is COc1cc([C@H]2C3=CC[C@@H]4C(=O)N(c5ccc(N=Nc6ccc(N(C)C)cc6)cc5)C(=O)[C@@H]4[C@@H]3C[C@H]3C(=O)N(c4ccccc4)C(=O)[C@@]23C)ccc1O. The largest absolute Gasteiger partial charge is 0.504 e. The number of rotatable bonds is 7. The van der Waals surface area contributed by atoms with Crippen molar-refractivity contribution in [2.45, 2.75) is 25.7 Å². The van der Waals surface area contributed by atoms with E-state index in [1.54, 1.807) is 60.7 Å². The van der Waals surface area contributed by atoms with Gasteiger partial charge in [-0.1, -0.05) is 35.9 Å². The molecule has 4 aromatic rings. The van der Waals surface area contributed by atoms with Crippen molar-refractivity contribution in [1.82, 2.24) is 0 Å². The van der Waals surface area contributed by atoms with Crippen LogP contribution in [0.1, 0.15) is 31.2 Å². The second-order valence-corrected chi connectivity index (χ2v) is 14.6. The number of carbonyl (C=O) groups is 4. The molecule has 4 amide bonds. The lowest BCUT2D eigenvalue weighted by atomic mass is 9.51. The monoisotopic (exact) mass is 709 g/mol. The molecule has 1 N–H and O–H groups in total. The Morgan fingerprint density at radius 2 is 1.42 bits per heavy atom. The van der Waals surface area contributed by atoms with Gasteiger partial charge in [0.25, 0.3) is 0 Å². The second-order valence-electron chi connectivity index (χ2n) is 14.6. The fraction of sp³-hybridized carbons (Fsp3) is 0.286. The number of benzene rings is 4. The molecule has 4 aromatic carbocycles. The number of imide groups is 2. The van der Waals surface area contributed by atoms with Crippen LogP contribution in [0.2, 0.25) is 0 Å². The number of carbonyl (C=O) groups excluding carboxylic acids is 4. The smallest absolute Gasteiger partial charge is 0.241 e. The minimum absolute atomic E-state index is 0.0545. The summed E-state index contributed by atoms with van der Waals surface area (Å²) in [6.07, 6.45) is 2.56. The molecule has 11 nitrogen and oxygen atoms in total. The lowest BCUT2D eigenvalue weighted by Crippen LogP contribution is -2.48. The molecule has 2 heterocycles. The Morgan fingerprint density at radius 3 is 2.06 bits per heavy atom. The number of phenols is 1. The number of azo groups is 1. The highest BCUT2D eigenvalue weighted by Crippen LogP contribution is 2.64. The molecule has 0 aromatic heterocycles. The maximum Gasteiger partial charge on any atom is 0.241 e. The zero-order valence-electron chi connectivity index (χ0n) is 29.8. The van der Waals surface area contributed by atoms with Crippen LogP contribution in [0.15, 0.2) is 119 Å². The first-order valence-electron chi connectivity index (χ1n) is 17.7. The lowest BCUT2D eigenvalue weighted by Gasteiger charge is -2.49. The van der Waals surface area contributed by atoms with E-state index in [-0.39, 0.29) is 41.5 Å². The van der Waals surface area contributed by atoms with Crippen LogP contribution in [0.25, 0.3) is 0 Å². The molecule has 3 fully saturated rings. The molecule has 4 aliphatic rings. The number of anilines is 3. The highest BCUT2D eigenvalue weighted by Gasteiger charge is 2.67. The van der Waals surface area contributed by atoms with E-state index in [9.17, 15) is 24.3 Å². The fourth-order valence-corrected chi connectivity index (χ4v) is 8.95. The van der Waals surface area contributed by atoms with E-state index in [4.69, 9.17) is 4.74 Å². The van der Waals surface area contributed by atoms with E-state index < -0.39 is 35.0 Å². The number of fused-ring (bicyclic) bond motifs is 4. The standard InChI is InChI=1S/C42H39N5O6/c1-42-33(39(50)47(41(42)52)28-8-6-5-7-9-28)23-32-30(37(42)24-10-21-34(48)35(22-24)53-4)19-20-31-36(32)40(51)46(38(31)49)29-17-13-26(14-18-29)44-43-25-11-15-27(16-12-25)45(2)3/h5-19,21-22,31-33,36-37,48H,20,23H2,1-4H3/t31-,32+,33-,36-,37-,42+/m0/s1. The van der Waals surface area contributed by atoms with Gasteiger partial charge in [0.05, 0.1) is 53.0 Å². The van der Waals surface area contributed by atoms with Crippen molar-refractivity contribution in [3.63, 3.8) is 0 Å². The van der Waals surface area contributed by atoms with Crippen molar-refractivity contribution in [3.05, 3.63) is 114 Å². The second kappa shape index (κ2) is 12.8. The zero-order valence-corrected chi connectivity index (χ0v) is 29.8. The van der Waals surface area contributed by atoms with Crippen LogP contribution in [0.4, 0.5) is 28.4 Å². The van der Waals surface area contributed by atoms with Gasteiger partial charge < -0.3 is 14.7 Å². The van der Waals surface area contributed by atoms with Crippen LogP contribution in [-0.4, -0.2) is 49.9 Å². The van der Waals surface area contributed by atoms with Gasteiger partial charge in [0.1, 0.15) is 0 Å². The maximum absolute atomic E-state index is 14.6. The number of phenolic OH excluding ortho intramolecular Hbond substituents is 1.